The molecule has 5 aliphatic rings. The molecule has 236 valence electrons. The Balaban J connectivity index is 1.39. The lowest BCUT2D eigenvalue weighted by Gasteiger charge is -2.39. The number of cyclic esters (lactones) is 1. The van der Waals surface area contributed by atoms with Gasteiger partial charge in [0.1, 0.15) is 23.7 Å². The normalized spacial score (nSPS) is 33.8. The van der Waals surface area contributed by atoms with Crippen LogP contribution < -0.4 is 5.32 Å². The van der Waals surface area contributed by atoms with Gasteiger partial charge in [0.2, 0.25) is 17.7 Å². The number of nitrogens with zero attached hydrogens (tertiary/aromatic N) is 2. The lowest BCUT2D eigenvalue weighted by Crippen LogP contribution is -2.57. The van der Waals surface area contributed by atoms with Crippen LogP contribution in [0.3, 0.4) is 0 Å². The summed E-state index contributed by atoms with van der Waals surface area (Å²) in [4.78, 5) is 59.2. The van der Waals surface area contributed by atoms with E-state index in [1.807, 2.05) is 53.5 Å². The molecule has 3 amide bonds. The number of rotatable bonds is 6. The van der Waals surface area contributed by atoms with Gasteiger partial charge >= 0.3 is 5.97 Å². The molecule has 44 heavy (non-hydrogen) atoms. The van der Waals surface area contributed by atoms with Gasteiger partial charge in [-0.25, -0.2) is 0 Å². The van der Waals surface area contributed by atoms with E-state index in [0.717, 1.165) is 37.7 Å². The molecule has 1 aromatic carbocycles. The van der Waals surface area contributed by atoms with E-state index in [1.165, 1.54) is 0 Å². The summed E-state index contributed by atoms with van der Waals surface area (Å²) in [5, 5.41) is 12.3. The van der Waals surface area contributed by atoms with E-state index in [2.05, 4.69) is 5.32 Å². The Labute approximate surface area is 258 Å². The number of nitrogens with one attached hydrogen (secondary N) is 1. The molecular weight excluding hydrogens is 562 g/mol. The minimum atomic E-state index is -1.34. The van der Waals surface area contributed by atoms with Gasteiger partial charge in [0.15, 0.2) is 0 Å². The fourth-order valence-electron chi connectivity index (χ4n) is 7.78. The topological polar surface area (TPSA) is 125 Å². The first-order valence-electron chi connectivity index (χ1n) is 16.2. The molecule has 2 saturated heterocycles. The molecule has 4 aliphatic heterocycles. The summed E-state index contributed by atoms with van der Waals surface area (Å²) in [6.45, 7) is 0.796. The third kappa shape index (κ3) is 5.70. The molecule has 6 atom stereocenters. The Morgan fingerprint density at radius 2 is 1.77 bits per heavy atom. The zero-order valence-electron chi connectivity index (χ0n) is 25.1. The Bertz CT molecular complexity index is 1290. The van der Waals surface area contributed by atoms with Crippen LogP contribution in [0, 0.1) is 11.8 Å². The number of carbonyl (C=O) groups is 4. The van der Waals surface area contributed by atoms with Crippen LogP contribution in [0.1, 0.15) is 69.5 Å². The van der Waals surface area contributed by atoms with Crippen LogP contribution >= 0.6 is 0 Å². The maximum Gasteiger partial charge on any atom is 0.313 e. The van der Waals surface area contributed by atoms with E-state index in [9.17, 15) is 24.3 Å². The standard InChI is InChI=1S/C34H43N3O7/c38-21-10-9-19-37-30-32(41)36(24-14-5-2-6-15-24)20-11-18-34(30)29(31(37)40)28-25(44-34)16-7-8-17-27(39)35-22-26(43-33(28)42)23-12-3-1-4-13-23/h1,3-4,7,11-13,16,18,24-26,28-30,38H,2,5-6,8-10,14-15,17,19-22H2,(H,35,39)/b16-7-/t25-,26+,28+,29+,30-,34+/m0/s1. The summed E-state index contributed by atoms with van der Waals surface area (Å²) in [6, 6.07) is 8.41. The van der Waals surface area contributed by atoms with Crippen molar-refractivity contribution in [2.45, 2.75) is 87.7 Å². The number of hydrogen-bond acceptors (Lipinski definition) is 7. The molecular formula is C34H43N3O7. The van der Waals surface area contributed by atoms with Gasteiger partial charge in [-0.3, -0.25) is 19.2 Å². The number of likely N-dealkylation sites (tertiary alicyclic amines) is 1. The van der Waals surface area contributed by atoms with Gasteiger partial charge in [-0.1, -0.05) is 73.9 Å². The minimum absolute atomic E-state index is 0.0148. The van der Waals surface area contributed by atoms with E-state index in [0.29, 0.717) is 25.8 Å². The quantitative estimate of drug-likeness (QED) is 0.290. The van der Waals surface area contributed by atoms with E-state index in [-0.39, 0.29) is 49.9 Å². The second-order valence-electron chi connectivity index (χ2n) is 12.6. The maximum atomic E-state index is 14.5. The van der Waals surface area contributed by atoms with E-state index >= 15 is 0 Å². The molecule has 0 unspecified atom stereocenters. The largest absolute Gasteiger partial charge is 0.455 e. The molecule has 0 radical (unpaired) electrons. The van der Waals surface area contributed by atoms with Crippen molar-refractivity contribution in [1.82, 2.24) is 15.1 Å². The van der Waals surface area contributed by atoms with E-state index < -0.39 is 41.7 Å². The molecule has 1 aliphatic carbocycles. The van der Waals surface area contributed by atoms with Crippen molar-refractivity contribution >= 4 is 23.7 Å². The number of allylic oxidation sites excluding steroid dienone is 1. The summed E-state index contributed by atoms with van der Waals surface area (Å²) in [5.41, 5.74) is -0.612. The van der Waals surface area contributed by atoms with Crippen molar-refractivity contribution in [2.24, 2.45) is 11.8 Å². The lowest BCUT2D eigenvalue weighted by molar-refractivity contribution is -0.160. The average molecular weight is 606 g/mol. The Hall–Kier alpha value is -3.50. The highest BCUT2D eigenvalue weighted by Gasteiger charge is 2.71. The van der Waals surface area contributed by atoms with Gasteiger partial charge < -0.3 is 29.7 Å². The summed E-state index contributed by atoms with van der Waals surface area (Å²) in [7, 11) is 0. The number of benzene rings is 1. The fourth-order valence-corrected chi connectivity index (χ4v) is 7.78. The van der Waals surface area contributed by atoms with Crippen molar-refractivity contribution in [3.05, 3.63) is 60.2 Å². The number of fused-ring (bicyclic) bond motifs is 2. The van der Waals surface area contributed by atoms with Crippen molar-refractivity contribution in [1.29, 1.82) is 0 Å². The van der Waals surface area contributed by atoms with Crippen molar-refractivity contribution in [3.63, 3.8) is 0 Å². The Kier molecular flexibility index (Phi) is 9.18. The van der Waals surface area contributed by atoms with Crippen LogP contribution in [0.25, 0.3) is 0 Å². The number of esters is 1. The van der Waals surface area contributed by atoms with E-state index in [1.54, 1.807) is 11.0 Å². The highest BCUT2D eigenvalue weighted by atomic mass is 16.6. The molecule has 3 fully saturated rings. The molecule has 0 bridgehead atoms. The van der Waals surface area contributed by atoms with Gasteiger partial charge in [0, 0.05) is 32.2 Å². The van der Waals surface area contributed by atoms with Crippen molar-refractivity contribution in [2.75, 3.05) is 26.2 Å². The van der Waals surface area contributed by atoms with Crippen molar-refractivity contribution in [3.8, 4) is 0 Å². The van der Waals surface area contributed by atoms with E-state index in [4.69, 9.17) is 9.47 Å². The number of unbranched alkanes of at least 4 members (excludes halogenated alkanes) is 1. The number of carbonyl (C=O) groups excluding carboxylic acids is 4. The zero-order chi connectivity index (χ0) is 30.7. The van der Waals surface area contributed by atoms with Crippen LogP contribution in [-0.4, -0.2) is 88.6 Å². The zero-order valence-corrected chi connectivity index (χ0v) is 25.1. The minimum Gasteiger partial charge on any atom is -0.455 e. The molecule has 10 nitrogen and oxygen atoms in total. The smallest absolute Gasteiger partial charge is 0.313 e. The number of hydrogen-bond donors (Lipinski definition) is 2. The molecule has 2 N–H and O–H groups in total. The van der Waals surface area contributed by atoms with Crippen LogP contribution in [0.15, 0.2) is 54.6 Å². The summed E-state index contributed by atoms with van der Waals surface area (Å²) < 4.78 is 12.9. The number of amides is 3. The first-order valence-corrected chi connectivity index (χ1v) is 16.2. The third-order valence-corrected chi connectivity index (χ3v) is 9.90. The van der Waals surface area contributed by atoms with Crippen LogP contribution in [0.4, 0.5) is 0 Å². The molecule has 10 heteroatoms. The monoisotopic (exact) mass is 605 g/mol. The summed E-state index contributed by atoms with van der Waals surface area (Å²) in [6.07, 6.45) is 12.6. The van der Waals surface area contributed by atoms with Gasteiger partial charge in [-0.2, -0.15) is 0 Å². The third-order valence-electron chi connectivity index (χ3n) is 9.90. The number of aliphatic hydroxyl groups is 1. The highest BCUT2D eigenvalue weighted by Crippen LogP contribution is 2.53. The van der Waals surface area contributed by atoms with Crippen LogP contribution in [0.5, 0.6) is 0 Å². The van der Waals surface area contributed by atoms with Gasteiger partial charge in [-0.05, 0) is 37.7 Å². The van der Waals surface area contributed by atoms with Gasteiger partial charge in [0.05, 0.1) is 18.6 Å². The maximum absolute atomic E-state index is 14.5. The van der Waals surface area contributed by atoms with Crippen LogP contribution in [0.2, 0.25) is 0 Å². The molecule has 4 heterocycles. The highest BCUT2D eigenvalue weighted by molar-refractivity contribution is 5.99. The SMILES string of the molecule is O=C1CC/C=C\[C@@H]2O[C@@]34C=CCN(C5CCCCC5)C(=O)[C@@H]3N(CCCCO)C(=O)[C@H]4[C@@H]2C(=O)O[C@@H](c2ccccc2)CN1. The second-order valence-corrected chi connectivity index (χ2v) is 12.6. The molecule has 1 saturated carbocycles. The van der Waals surface area contributed by atoms with Crippen molar-refractivity contribution < 1.29 is 33.8 Å². The Morgan fingerprint density at radius 1 is 0.977 bits per heavy atom. The predicted molar refractivity (Wildman–Crippen MR) is 161 cm³/mol. The fraction of sp³-hybridized carbons (Fsp3) is 0.588. The number of aliphatic hydroxyl groups excluding tert-OH is 1. The van der Waals surface area contributed by atoms with Gasteiger partial charge in [-0.15, -0.1) is 0 Å². The Morgan fingerprint density at radius 3 is 2.55 bits per heavy atom. The molecule has 0 aromatic heterocycles. The lowest BCUT2D eigenvalue weighted by atomic mass is 9.77. The predicted octanol–water partition coefficient (Wildman–Crippen LogP) is 2.82. The molecule has 1 spiro atoms. The first kappa shape index (κ1) is 30.5. The number of ether oxygens (including phenoxy) is 2. The van der Waals surface area contributed by atoms with Crippen LogP contribution in [-0.2, 0) is 28.7 Å². The van der Waals surface area contributed by atoms with Gasteiger partial charge in [0.25, 0.3) is 0 Å². The molecule has 6 rings (SSSR count). The molecule has 1 aromatic rings. The summed E-state index contributed by atoms with van der Waals surface area (Å²) >= 11 is 0. The second kappa shape index (κ2) is 13.2. The average Bonchev–Trinajstić information content (AvgIpc) is 3.42. The summed E-state index contributed by atoms with van der Waals surface area (Å²) in [5.74, 6) is -3.13. The first-order chi connectivity index (χ1) is 21.4.